The van der Waals surface area contributed by atoms with Crippen LogP contribution in [0, 0.1) is 5.92 Å². The molecule has 3 saturated heterocycles. The molecule has 2 aromatic carbocycles. The summed E-state index contributed by atoms with van der Waals surface area (Å²) in [5, 5.41) is 9.85. The average Bonchev–Trinajstić information content (AvgIpc) is 3.68. The van der Waals surface area contributed by atoms with Crippen molar-refractivity contribution in [3.05, 3.63) is 53.6 Å². The largest absolute Gasteiger partial charge is 0.497 e. The van der Waals surface area contributed by atoms with Crippen LogP contribution in [-0.4, -0.2) is 79.8 Å². The number of likely N-dealkylation sites (tertiary alicyclic amines) is 1. The van der Waals surface area contributed by atoms with Crippen LogP contribution >= 0.6 is 0 Å². The van der Waals surface area contributed by atoms with Crippen molar-refractivity contribution in [2.75, 3.05) is 36.6 Å². The topological polar surface area (TPSA) is 120 Å². The van der Waals surface area contributed by atoms with E-state index in [0.717, 1.165) is 36.9 Å². The predicted molar refractivity (Wildman–Crippen MR) is 172 cm³/mol. The first kappa shape index (κ1) is 31.7. The smallest absolute Gasteiger partial charge is 0.264 e. The van der Waals surface area contributed by atoms with Crippen molar-refractivity contribution in [2.24, 2.45) is 5.92 Å². The molecule has 0 bridgehead atoms. The lowest BCUT2D eigenvalue weighted by Crippen LogP contribution is -2.46. The number of ether oxygens (including phenoxy) is 2. The SMILES string of the molecule is COc1ccc2c(c1)[C@]1(O[C@@H](CC(=O)N3CCC[C@H]3CO)[C@H]([Si](C)(C)O)[C@H]1C)C(=O)N2Cc1cccc(N2CCCCC2=O)c1. The number of amides is 3. The summed E-state index contributed by atoms with van der Waals surface area (Å²) < 4.78 is 12.5. The maximum absolute atomic E-state index is 14.8. The second kappa shape index (κ2) is 12.2. The third-order valence-corrected chi connectivity index (χ3v) is 12.9. The molecule has 10 nitrogen and oxygen atoms in total. The standard InChI is InChI=1S/C34H45N3O7Si/c1-22-32(45(3,4)42)29(19-31(40)36-16-8-11-25(36)21-38)44-34(22)27-18-26(43-2)13-14-28(27)37(33(34)41)20-23-9-7-10-24(17-23)35-15-6-5-12-30(35)39/h7,9-10,13-14,17-18,22,25,29,32,38,42H,5-6,8,11-12,15-16,19-21H2,1-4H3/t22-,25+,29+,32-,34+/m1/s1. The summed E-state index contributed by atoms with van der Waals surface area (Å²) in [5.41, 5.74) is 1.29. The molecule has 0 unspecified atom stereocenters. The van der Waals surface area contributed by atoms with Crippen LogP contribution in [0.3, 0.4) is 0 Å². The monoisotopic (exact) mass is 635 g/mol. The Morgan fingerprint density at radius 3 is 2.62 bits per heavy atom. The molecule has 1 spiro atoms. The molecule has 0 radical (unpaired) electrons. The number of piperidine rings is 1. The summed E-state index contributed by atoms with van der Waals surface area (Å²) in [7, 11) is -1.38. The van der Waals surface area contributed by atoms with Gasteiger partial charge in [0.15, 0.2) is 13.9 Å². The van der Waals surface area contributed by atoms with Gasteiger partial charge in [-0.05, 0) is 74.7 Å². The fourth-order valence-corrected chi connectivity index (χ4v) is 10.8. The van der Waals surface area contributed by atoms with Gasteiger partial charge in [-0.2, -0.15) is 0 Å². The van der Waals surface area contributed by atoms with Crippen molar-refractivity contribution >= 4 is 37.4 Å². The summed E-state index contributed by atoms with van der Waals surface area (Å²) in [6, 6.07) is 13.1. The van der Waals surface area contributed by atoms with E-state index in [1.165, 1.54) is 0 Å². The van der Waals surface area contributed by atoms with Gasteiger partial charge in [0.25, 0.3) is 5.91 Å². The maximum Gasteiger partial charge on any atom is 0.264 e. The molecule has 2 aromatic rings. The fourth-order valence-electron chi connectivity index (χ4n) is 8.27. The van der Waals surface area contributed by atoms with Gasteiger partial charge in [0, 0.05) is 42.2 Å². The number of nitrogens with zero attached hydrogens (tertiary/aromatic N) is 3. The number of carbonyl (C=O) groups excluding carboxylic acids is 3. The number of hydrogen-bond acceptors (Lipinski definition) is 7. The molecule has 11 heteroatoms. The molecule has 5 atom stereocenters. The number of hydrogen-bond donors (Lipinski definition) is 2. The minimum absolute atomic E-state index is 0.0305. The minimum Gasteiger partial charge on any atom is -0.497 e. The quantitative estimate of drug-likeness (QED) is 0.422. The van der Waals surface area contributed by atoms with Crippen molar-refractivity contribution in [3.8, 4) is 5.75 Å². The van der Waals surface area contributed by atoms with Crippen LogP contribution in [0.4, 0.5) is 11.4 Å². The highest BCUT2D eigenvalue weighted by Gasteiger charge is 2.66. The number of carbonyl (C=O) groups is 3. The molecule has 45 heavy (non-hydrogen) atoms. The summed E-state index contributed by atoms with van der Waals surface area (Å²) >= 11 is 0. The van der Waals surface area contributed by atoms with Gasteiger partial charge >= 0.3 is 0 Å². The van der Waals surface area contributed by atoms with Gasteiger partial charge < -0.3 is 34.1 Å². The number of rotatable bonds is 8. The maximum atomic E-state index is 14.8. The van der Waals surface area contributed by atoms with E-state index in [9.17, 15) is 24.3 Å². The first-order chi connectivity index (χ1) is 21.5. The zero-order valence-electron chi connectivity index (χ0n) is 26.7. The van der Waals surface area contributed by atoms with Crippen LogP contribution in [0.5, 0.6) is 5.75 Å². The average molecular weight is 636 g/mol. The van der Waals surface area contributed by atoms with Crippen molar-refractivity contribution in [2.45, 2.75) is 88.4 Å². The van der Waals surface area contributed by atoms with Gasteiger partial charge in [-0.1, -0.05) is 19.1 Å². The number of fused-ring (bicyclic) bond motifs is 2. The molecule has 0 saturated carbocycles. The third-order valence-electron chi connectivity index (χ3n) is 10.4. The van der Waals surface area contributed by atoms with Gasteiger partial charge in [-0.15, -0.1) is 0 Å². The molecule has 3 amide bonds. The van der Waals surface area contributed by atoms with Crippen molar-refractivity contribution in [3.63, 3.8) is 0 Å². The first-order valence-electron chi connectivity index (χ1n) is 16.2. The van der Waals surface area contributed by atoms with E-state index in [0.29, 0.717) is 36.5 Å². The molecule has 242 valence electrons. The van der Waals surface area contributed by atoms with Gasteiger partial charge in [-0.3, -0.25) is 14.4 Å². The normalized spacial score (nSPS) is 28.4. The predicted octanol–water partition coefficient (Wildman–Crippen LogP) is 3.93. The lowest BCUT2D eigenvalue weighted by molar-refractivity contribution is -0.150. The summed E-state index contributed by atoms with van der Waals surface area (Å²) in [5.74, 6) is -0.0769. The lowest BCUT2D eigenvalue weighted by Gasteiger charge is -2.33. The van der Waals surface area contributed by atoms with E-state index < -0.39 is 31.5 Å². The van der Waals surface area contributed by atoms with Crippen LogP contribution in [0.1, 0.15) is 56.6 Å². The number of benzene rings is 2. The Morgan fingerprint density at radius 1 is 1.11 bits per heavy atom. The molecule has 6 rings (SSSR count). The first-order valence-corrected chi connectivity index (χ1v) is 19.2. The highest BCUT2D eigenvalue weighted by atomic mass is 28.4. The van der Waals surface area contributed by atoms with Crippen LogP contribution in [-0.2, 0) is 31.3 Å². The molecular formula is C34H45N3O7Si. The van der Waals surface area contributed by atoms with E-state index in [1.807, 2.05) is 67.4 Å². The molecule has 4 heterocycles. The van der Waals surface area contributed by atoms with E-state index in [2.05, 4.69) is 0 Å². The second-order valence-electron chi connectivity index (χ2n) is 13.6. The number of aliphatic hydroxyl groups is 1. The lowest BCUT2D eigenvalue weighted by atomic mass is 9.82. The molecule has 0 aliphatic carbocycles. The number of anilines is 2. The van der Waals surface area contributed by atoms with E-state index in [4.69, 9.17) is 9.47 Å². The minimum atomic E-state index is -2.96. The van der Waals surface area contributed by atoms with Crippen LogP contribution in [0.25, 0.3) is 0 Å². The Hall–Kier alpha value is -3.25. The van der Waals surface area contributed by atoms with E-state index >= 15 is 0 Å². The zero-order valence-corrected chi connectivity index (χ0v) is 27.7. The molecule has 0 aromatic heterocycles. The zero-order chi connectivity index (χ0) is 32.1. The Kier molecular flexibility index (Phi) is 8.57. The Labute approximate surface area is 266 Å². The van der Waals surface area contributed by atoms with Crippen molar-refractivity contribution < 1.29 is 33.8 Å². The summed E-state index contributed by atoms with van der Waals surface area (Å²) in [6.45, 7) is 7.09. The van der Waals surface area contributed by atoms with Gasteiger partial charge in [0.2, 0.25) is 11.8 Å². The van der Waals surface area contributed by atoms with Gasteiger partial charge in [0.1, 0.15) is 5.75 Å². The summed E-state index contributed by atoms with van der Waals surface area (Å²) in [6.07, 6.45) is 3.35. The summed E-state index contributed by atoms with van der Waals surface area (Å²) in [4.78, 5) is 57.9. The fraction of sp³-hybridized carbons (Fsp3) is 0.559. The van der Waals surface area contributed by atoms with Gasteiger partial charge in [0.05, 0.1) is 44.5 Å². The van der Waals surface area contributed by atoms with Gasteiger partial charge in [-0.25, -0.2) is 0 Å². The Balaban J connectivity index is 1.36. The van der Waals surface area contributed by atoms with Crippen LogP contribution in [0.15, 0.2) is 42.5 Å². The van der Waals surface area contributed by atoms with E-state index in [1.54, 1.807) is 16.9 Å². The van der Waals surface area contributed by atoms with Crippen LogP contribution in [0.2, 0.25) is 18.6 Å². The Bertz CT molecular complexity index is 1480. The van der Waals surface area contributed by atoms with Crippen LogP contribution < -0.4 is 14.5 Å². The van der Waals surface area contributed by atoms with E-state index in [-0.39, 0.29) is 43.3 Å². The van der Waals surface area contributed by atoms with Crippen molar-refractivity contribution in [1.29, 1.82) is 0 Å². The highest BCUT2D eigenvalue weighted by molar-refractivity contribution is 6.71. The Morgan fingerprint density at radius 2 is 1.91 bits per heavy atom. The number of methoxy groups -OCH3 is 1. The molecule has 4 aliphatic rings. The molecule has 4 aliphatic heterocycles. The number of aliphatic hydroxyl groups excluding tert-OH is 1. The highest BCUT2D eigenvalue weighted by Crippen LogP contribution is 2.60. The molecule has 3 fully saturated rings. The molecule has 2 N–H and O–H groups in total. The molecular weight excluding hydrogens is 590 g/mol. The second-order valence-corrected chi connectivity index (χ2v) is 17.6. The third kappa shape index (κ3) is 5.47. The van der Waals surface area contributed by atoms with Crippen molar-refractivity contribution in [1.82, 2.24) is 4.90 Å².